The van der Waals surface area contributed by atoms with Crippen LogP contribution in [0.2, 0.25) is 0 Å². The summed E-state index contributed by atoms with van der Waals surface area (Å²) in [6, 6.07) is 1.49. The molecule has 0 aliphatic rings. The lowest BCUT2D eigenvalue weighted by molar-refractivity contribution is -0.134. The van der Waals surface area contributed by atoms with Crippen molar-refractivity contribution in [2.75, 3.05) is 11.9 Å². The third kappa shape index (κ3) is 2.88. The summed E-state index contributed by atoms with van der Waals surface area (Å²) < 4.78 is 0. The average molecular weight is 221 g/mol. The van der Waals surface area contributed by atoms with Gasteiger partial charge >= 0.3 is 5.97 Å². The Morgan fingerprint density at radius 2 is 2.25 bits per heavy atom. The van der Waals surface area contributed by atoms with Crippen molar-refractivity contribution in [3.63, 3.8) is 0 Å². The van der Waals surface area contributed by atoms with Crippen LogP contribution in [0, 0.1) is 5.41 Å². The Morgan fingerprint density at radius 3 is 2.81 bits per heavy atom. The molecule has 0 aliphatic carbocycles. The molecule has 16 heavy (non-hydrogen) atoms. The van der Waals surface area contributed by atoms with Crippen LogP contribution < -0.4 is 5.32 Å². The number of pyridine rings is 1. The zero-order valence-electron chi connectivity index (χ0n) is 8.65. The monoisotopic (exact) mass is 221 g/mol. The number of nitrogens with one attached hydrogen (secondary N) is 2. The average Bonchev–Trinajstić information content (AvgIpc) is 2.25. The van der Waals surface area contributed by atoms with Crippen LogP contribution in [0.4, 0.5) is 5.69 Å². The molecule has 6 heteroatoms. The first-order valence-electron chi connectivity index (χ1n) is 4.52. The summed E-state index contributed by atoms with van der Waals surface area (Å²) in [6.07, 6.45) is 2.83. The van der Waals surface area contributed by atoms with E-state index in [9.17, 15) is 9.59 Å². The maximum absolute atomic E-state index is 11.0. The van der Waals surface area contributed by atoms with Crippen molar-refractivity contribution in [1.29, 1.82) is 5.41 Å². The van der Waals surface area contributed by atoms with Crippen molar-refractivity contribution < 1.29 is 14.7 Å². The van der Waals surface area contributed by atoms with E-state index in [2.05, 4.69) is 10.3 Å². The second-order valence-corrected chi connectivity index (χ2v) is 3.10. The van der Waals surface area contributed by atoms with Gasteiger partial charge in [0.15, 0.2) is 5.78 Å². The van der Waals surface area contributed by atoms with Crippen molar-refractivity contribution >= 4 is 23.2 Å². The van der Waals surface area contributed by atoms with Gasteiger partial charge in [-0.05, 0) is 6.07 Å². The maximum atomic E-state index is 11.0. The van der Waals surface area contributed by atoms with Crippen molar-refractivity contribution in [2.24, 2.45) is 0 Å². The Morgan fingerprint density at radius 1 is 1.56 bits per heavy atom. The molecule has 3 N–H and O–H groups in total. The van der Waals surface area contributed by atoms with Crippen molar-refractivity contribution in [3.8, 4) is 0 Å². The molecule has 0 aromatic carbocycles. The van der Waals surface area contributed by atoms with Gasteiger partial charge in [-0.3, -0.25) is 20.0 Å². The second-order valence-electron chi connectivity index (χ2n) is 3.10. The Labute approximate surface area is 91.8 Å². The van der Waals surface area contributed by atoms with E-state index in [1.165, 1.54) is 25.4 Å². The second kappa shape index (κ2) is 5.01. The van der Waals surface area contributed by atoms with E-state index in [1.54, 1.807) is 0 Å². The highest BCUT2D eigenvalue weighted by atomic mass is 16.4. The van der Waals surface area contributed by atoms with E-state index < -0.39 is 5.97 Å². The minimum atomic E-state index is -1.02. The van der Waals surface area contributed by atoms with Gasteiger partial charge in [-0.25, -0.2) is 0 Å². The van der Waals surface area contributed by atoms with Crippen LogP contribution >= 0.6 is 0 Å². The van der Waals surface area contributed by atoms with Crippen LogP contribution in [-0.4, -0.2) is 34.1 Å². The van der Waals surface area contributed by atoms with Gasteiger partial charge in [-0.2, -0.15) is 0 Å². The number of ketones is 1. The molecule has 1 aromatic rings. The number of rotatable bonds is 5. The molecule has 1 heterocycles. The number of aliphatic carboxylic acids is 1. The summed E-state index contributed by atoms with van der Waals surface area (Å²) in [5, 5.41) is 18.6. The molecule has 0 atom stereocenters. The predicted molar refractivity (Wildman–Crippen MR) is 57.9 cm³/mol. The minimum absolute atomic E-state index is 0.171. The summed E-state index contributed by atoms with van der Waals surface area (Å²) in [6.45, 7) is 0.994. The van der Waals surface area contributed by atoms with E-state index >= 15 is 0 Å². The number of carboxylic acids is 1. The summed E-state index contributed by atoms with van der Waals surface area (Å²) in [7, 11) is 0. The molecule has 1 rings (SSSR count). The third-order valence-electron chi connectivity index (χ3n) is 1.87. The predicted octanol–water partition coefficient (Wildman–Crippen LogP) is 0.535. The van der Waals surface area contributed by atoms with Gasteiger partial charge in [0.1, 0.15) is 12.3 Å². The molecule has 0 aliphatic heterocycles. The molecule has 0 saturated carbocycles. The number of carbonyl (C=O) groups is 2. The van der Waals surface area contributed by atoms with Gasteiger partial charge in [-0.1, -0.05) is 0 Å². The van der Waals surface area contributed by atoms with Crippen LogP contribution in [0.25, 0.3) is 0 Å². The number of aromatic nitrogens is 1. The Kier molecular flexibility index (Phi) is 3.71. The van der Waals surface area contributed by atoms with E-state index in [-0.39, 0.29) is 18.0 Å². The quantitative estimate of drug-likeness (QED) is 0.629. The summed E-state index contributed by atoms with van der Waals surface area (Å²) in [4.78, 5) is 25.2. The molecular weight excluding hydrogens is 210 g/mol. The van der Waals surface area contributed by atoms with Gasteiger partial charge in [-0.15, -0.1) is 0 Å². The molecule has 0 unspecified atom stereocenters. The van der Waals surface area contributed by atoms with Crippen LogP contribution in [0.3, 0.4) is 0 Å². The van der Waals surface area contributed by atoms with Gasteiger partial charge in [0.05, 0.1) is 11.9 Å². The molecule has 0 bridgehead atoms. The number of carbonyl (C=O) groups excluding carboxylic acids is 1. The lowest BCUT2D eigenvalue weighted by atomic mass is 10.1. The summed E-state index contributed by atoms with van der Waals surface area (Å²) in [5.41, 5.74) is 0.545. The van der Waals surface area contributed by atoms with Gasteiger partial charge < -0.3 is 10.4 Å². The van der Waals surface area contributed by atoms with Crippen molar-refractivity contribution in [2.45, 2.75) is 6.92 Å². The fourth-order valence-corrected chi connectivity index (χ4v) is 1.11. The highest BCUT2D eigenvalue weighted by molar-refractivity contribution is 6.45. The van der Waals surface area contributed by atoms with Crippen LogP contribution in [0.15, 0.2) is 18.5 Å². The van der Waals surface area contributed by atoms with Crippen LogP contribution in [0.1, 0.15) is 12.5 Å². The molecule has 0 amide bonds. The summed E-state index contributed by atoms with van der Waals surface area (Å²) in [5.74, 6) is -1.41. The summed E-state index contributed by atoms with van der Waals surface area (Å²) >= 11 is 0. The number of hydrogen-bond acceptors (Lipinski definition) is 5. The normalized spacial score (nSPS) is 9.56. The maximum Gasteiger partial charge on any atom is 0.322 e. The van der Waals surface area contributed by atoms with Gasteiger partial charge in [0.25, 0.3) is 0 Å². The SMILES string of the molecule is CC(=O)C(=N)c1ccncc1NCC(=O)O. The fourth-order valence-electron chi connectivity index (χ4n) is 1.11. The number of Topliss-reactive ketones (excluding diaryl/α,β-unsaturated/α-hetero) is 1. The Hall–Kier alpha value is -2.24. The molecule has 6 nitrogen and oxygen atoms in total. The Bertz CT molecular complexity index is 443. The first-order valence-corrected chi connectivity index (χ1v) is 4.52. The lowest BCUT2D eigenvalue weighted by Gasteiger charge is -2.08. The van der Waals surface area contributed by atoms with Crippen LogP contribution in [-0.2, 0) is 9.59 Å². The number of hydrogen-bond donors (Lipinski definition) is 3. The van der Waals surface area contributed by atoms with Crippen LogP contribution in [0.5, 0.6) is 0 Å². The first kappa shape index (κ1) is 11.8. The molecule has 1 aromatic heterocycles. The molecular formula is C10H11N3O3. The largest absolute Gasteiger partial charge is 0.480 e. The lowest BCUT2D eigenvalue weighted by Crippen LogP contribution is -2.17. The highest BCUT2D eigenvalue weighted by Crippen LogP contribution is 2.13. The number of nitrogens with zero attached hydrogens (tertiary/aromatic N) is 1. The molecule has 84 valence electrons. The van der Waals surface area contributed by atoms with E-state index in [0.29, 0.717) is 11.3 Å². The third-order valence-corrected chi connectivity index (χ3v) is 1.87. The Balaban J connectivity index is 2.96. The number of anilines is 1. The topological polar surface area (TPSA) is 103 Å². The molecule has 0 saturated heterocycles. The highest BCUT2D eigenvalue weighted by Gasteiger charge is 2.12. The van der Waals surface area contributed by atoms with Crippen molar-refractivity contribution in [1.82, 2.24) is 4.98 Å². The molecule has 0 fully saturated rings. The van der Waals surface area contributed by atoms with E-state index in [4.69, 9.17) is 10.5 Å². The fraction of sp³-hybridized carbons (Fsp3) is 0.200. The van der Waals surface area contributed by atoms with E-state index in [0.717, 1.165) is 0 Å². The van der Waals surface area contributed by atoms with E-state index in [1.807, 2.05) is 0 Å². The zero-order chi connectivity index (χ0) is 12.1. The smallest absolute Gasteiger partial charge is 0.322 e. The first-order chi connectivity index (χ1) is 7.52. The number of carboxylic acid groups (broad SMARTS) is 1. The minimum Gasteiger partial charge on any atom is -0.480 e. The molecule has 0 radical (unpaired) electrons. The van der Waals surface area contributed by atoms with Crippen molar-refractivity contribution in [3.05, 3.63) is 24.0 Å². The van der Waals surface area contributed by atoms with Gasteiger partial charge in [0, 0.05) is 18.7 Å². The zero-order valence-corrected chi connectivity index (χ0v) is 8.65. The van der Waals surface area contributed by atoms with Gasteiger partial charge in [0.2, 0.25) is 0 Å². The standard InChI is InChI=1S/C10H11N3O3/c1-6(14)10(11)7-2-3-12-4-8(7)13-5-9(15)16/h2-4,11,13H,5H2,1H3,(H,15,16). The molecule has 0 spiro atoms.